The van der Waals surface area contributed by atoms with E-state index in [4.69, 9.17) is 10.5 Å². The molecule has 0 saturated carbocycles. The van der Waals surface area contributed by atoms with Crippen LogP contribution in [0.3, 0.4) is 0 Å². The average molecular weight is 272 g/mol. The lowest BCUT2D eigenvalue weighted by Gasteiger charge is -2.11. The first-order valence-electron chi connectivity index (χ1n) is 6.11. The summed E-state index contributed by atoms with van der Waals surface area (Å²) in [5, 5.41) is 0. The molecule has 5 nitrogen and oxygen atoms in total. The van der Waals surface area contributed by atoms with Gasteiger partial charge in [-0.25, -0.2) is 9.78 Å². The molecule has 2 N–H and O–H groups in total. The number of benzene rings is 1. The first-order valence-corrected chi connectivity index (χ1v) is 6.11. The molecule has 2 rings (SSSR count). The molecule has 0 aliphatic heterocycles. The summed E-state index contributed by atoms with van der Waals surface area (Å²) < 4.78 is 10.4. The molecule has 0 fully saturated rings. The Morgan fingerprint density at radius 2 is 2.05 bits per heavy atom. The van der Waals surface area contributed by atoms with E-state index in [1.165, 1.54) is 19.4 Å². The maximum Gasteiger partial charge on any atom is 0.340 e. The fourth-order valence-electron chi connectivity index (χ4n) is 1.74. The maximum atomic E-state index is 11.6. The van der Waals surface area contributed by atoms with Crippen LogP contribution >= 0.6 is 0 Å². The smallest absolute Gasteiger partial charge is 0.340 e. The fraction of sp³-hybridized carbons (Fsp3) is 0.200. The third kappa shape index (κ3) is 2.71. The van der Waals surface area contributed by atoms with Crippen molar-refractivity contribution in [1.82, 2.24) is 4.98 Å². The Kier molecular flexibility index (Phi) is 3.89. The molecule has 0 atom stereocenters. The second-order valence-corrected chi connectivity index (χ2v) is 4.40. The van der Waals surface area contributed by atoms with Crippen LogP contribution in [0, 0.1) is 13.8 Å². The van der Waals surface area contributed by atoms with Gasteiger partial charge in [0.1, 0.15) is 5.75 Å². The molecular weight excluding hydrogens is 256 g/mol. The number of nitrogen functional groups attached to an aromatic ring is 1. The van der Waals surface area contributed by atoms with E-state index in [9.17, 15) is 4.79 Å². The van der Waals surface area contributed by atoms with Crippen molar-refractivity contribution >= 4 is 11.7 Å². The number of aryl methyl sites for hydroxylation is 1. The zero-order valence-electron chi connectivity index (χ0n) is 11.6. The summed E-state index contributed by atoms with van der Waals surface area (Å²) in [6, 6.07) is 7.22. The Morgan fingerprint density at radius 3 is 2.75 bits per heavy atom. The molecule has 0 amide bonds. The molecule has 1 heterocycles. The van der Waals surface area contributed by atoms with Gasteiger partial charge in [-0.3, -0.25) is 0 Å². The molecule has 0 radical (unpaired) electrons. The first-order chi connectivity index (χ1) is 9.52. The molecule has 0 aliphatic rings. The van der Waals surface area contributed by atoms with Crippen molar-refractivity contribution < 1.29 is 14.3 Å². The number of nitrogens with two attached hydrogens (primary N) is 1. The van der Waals surface area contributed by atoms with Crippen molar-refractivity contribution in [2.45, 2.75) is 13.8 Å². The third-order valence-electron chi connectivity index (χ3n) is 3.08. The van der Waals surface area contributed by atoms with Crippen LogP contribution in [0.15, 0.2) is 30.5 Å². The van der Waals surface area contributed by atoms with Gasteiger partial charge in [0.15, 0.2) is 0 Å². The van der Waals surface area contributed by atoms with Crippen LogP contribution < -0.4 is 10.5 Å². The minimum absolute atomic E-state index is 0.239. The Labute approximate surface area is 117 Å². The van der Waals surface area contributed by atoms with Crippen molar-refractivity contribution in [3.05, 3.63) is 47.2 Å². The number of nitrogens with zero attached hydrogens (tertiary/aromatic N) is 1. The molecule has 104 valence electrons. The van der Waals surface area contributed by atoms with Gasteiger partial charge in [-0.2, -0.15) is 0 Å². The zero-order valence-corrected chi connectivity index (χ0v) is 11.6. The number of pyridine rings is 1. The van der Waals surface area contributed by atoms with Gasteiger partial charge in [-0.1, -0.05) is 12.1 Å². The highest BCUT2D eigenvalue weighted by atomic mass is 16.5. The number of aromatic nitrogens is 1. The van der Waals surface area contributed by atoms with E-state index in [1.807, 2.05) is 32.0 Å². The second kappa shape index (κ2) is 5.61. The average Bonchev–Trinajstić information content (AvgIpc) is 2.45. The van der Waals surface area contributed by atoms with Crippen molar-refractivity contribution in [3.8, 4) is 11.6 Å². The molecule has 0 saturated heterocycles. The predicted octanol–water partition coefficient (Wildman–Crippen LogP) is 2.86. The number of esters is 1. The molecule has 0 unspecified atom stereocenters. The van der Waals surface area contributed by atoms with Gasteiger partial charge in [-0.15, -0.1) is 0 Å². The Balaban J connectivity index is 2.35. The topological polar surface area (TPSA) is 74.4 Å². The summed E-state index contributed by atoms with van der Waals surface area (Å²) in [6.45, 7) is 3.96. The van der Waals surface area contributed by atoms with E-state index in [1.54, 1.807) is 0 Å². The van der Waals surface area contributed by atoms with Crippen molar-refractivity contribution in [1.29, 1.82) is 0 Å². The van der Waals surface area contributed by atoms with E-state index in [0.29, 0.717) is 11.6 Å². The number of carbonyl (C=O) groups is 1. The van der Waals surface area contributed by atoms with Crippen LogP contribution in [0.4, 0.5) is 5.69 Å². The van der Waals surface area contributed by atoms with Crippen molar-refractivity contribution in [2.75, 3.05) is 12.8 Å². The summed E-state index contributed by atoms with van der Waals surface area (Å²) in [5.74, 6) is 0.474. The second-order valence-electron chi connectivity index (χ2n) is 4.40. The van der Waals surface area contributed by atoms with Gasteiger partial charge >= 0.3 is 5.97 Å². The van der Waals surface area contributed by atoms with Gasteiger partial charge in [0, 0.05) is 6.07 Å². The zero-order chi connectivity index (χ0) is 14.7. The highest BCUT2D eigenvalue weighted by molar-refractivity contribution is 5.95. The SMILES string of the molecule is COC(=O)c1cc(Oc2cccc(C)c2C)ncc1N. The van der Waals surface area contributed by atoms with E-state index in [2.05, 4.69) is 9.72 Å². The molecule has 20 heavy (non-hydrogen) atoms. The maximum absolute atomic E-state index is 11.6. The molecular formula is C15H16N2O3. The van der Waals surface area contributed by atoms with E-state index < -0.39 is 5.97 Å². The molecule has 5 heteroatoms. The lowest BCUT2D eigenvalue weighted by atomic mass is 10.1. The normalized spacial score (nSPS) is 10.2. The fourth-order valence-corrected chi connectivity index (χ4v) is 1.74. The lowest BCUT2D eigenvalue weighted by Crippen LogP contribution is -2.06. The Morgan fingerprint density at radius 1 is 1.30 bits per heavy atom. The van der Waals surface area contributed by atoms with Crippen molar-refractivity contribution in [2.24, 2.45) is 0 Å². The lowest BCUT2D eigenvalue weighted by molar-refractivity contribution is 0.0601. The number of ether oxygens (including phenoxy) is 2. The van der Waals surface area contributed by atoms with Gasteiger partial charge in [0.05, 0.1) is 24.6 Å². The third-order valence-corrected chi connectivity index (χ3v) is 3.08. The number of hydrogen-bond acceptors (Lipinski definition) is 5. The Bertz CT molecular complexity index is 654. The van der Waals surface area contributed by atoms with Gasteiger partial charge in [-0.05, 0) is 31.0 Å². The van der Waals surface area contributed by atoms with Crippen LogP contribution in [-0.4, -0.2) is 18.1 Å². The Hall–Kier alpha value is -2.56. The monoisotopic (exact) mass is 272 g/mol. The number of rotatable bonds is 3. The summed E-state index contributed by atoms with van der Waals surface area (Å²) in [5.41, 5.74) is 8.32. The minimum atomic E-state index is -0.518. The summed E-state index contributed by atoms with van der Waals surface area (Å²) >= 11 is 0. The molecule has 1 aromatic heterocycles. The summed E-state index contributed by atoms with van der Waals surface area (Å²) in [4.78, 5) is 15.6. The predicted molar refractivity (Wildman–Crippen MR) is 76.0 cm³/mol. The largest absolute Gasteiger partial charge is 0.465 e. The minimum Gasteiger partial charge on any atom is -0.465 e. The number of carbonyl (C=O) groups excluding carboxylic acids is 1. The van der Waals surface area contributed by atoms with Gasteiger partial charge in [0.2, 0.25) is 5.88 Å². The van der Waals surface area contributed by atoms with Gasteiger partial charge in [0.25, 0.3) is 0 Å². The van der Waals surface area contributed by atoms with Crippen molar-refractivity contribution in [3.63, 3.8) is 0 Å². The standard InChI is InChI=1S/C15H16N2O3/c1-9-5-4-6-13(10(9)2)20-14-7-11(15(18)19-3)12(16)8-17-14/h4-8H,16H2,1-3H3. The van der Waals surface area contributed by atoms with E-state index in [-0.39, 0.29) is 11.3 Å². The molecule has 2 aromatic rings. The number of anilines is 1. The number of hydrogen-bond donors (Lipinski definition) is 1. The highest BCUT2D eigenvalue weighted by Crippen LogP contribution is 2.27. The molecule has 1 aromatic carbocycles. The number of methoxy groups -OCH3 is 1. The molecule has 0 bridgehead atoms. The molecule has 0 aliphatic carbocycles. The highest BCUT2D eigenvalue weighted by Gasteiger charge is 2.13. The van der Waals surface area contributed by atoms with Gasteiger partial charge < -0.3 is 15.2 Å². The van der Waals surface area contributed by atoms with E-state index >= 15 is 0 Å². The summed E-state index contributed by atoms with van der Waals surface area (Å²) in [7, 11) is 1.30. The first kappa shape index (κ1) is 13.9. The summed E-state index contributed by atoms with van der Waals surface area (Å²) in [6.07, 6.45) is 1.38. The van der Waals surface area contributed by atoms with Crippen LogP contribution in [0.25, 0.3) is 0 Å². The molecule has 0 spiro atoms. The van der Waals surface area contributed by atoms with Crippen LogP contribution in [-0.2, 0) is 4.74 Å². The van der Waals surface area contributed by atoms with Crippen LogP contribution in [0.5, 0.6) is 11.6 Å². The van der Waals surface area contributed by atoms with Crippen LogP contribution in [0.2, 0.25) is 0 Å². The quantitative estimate of drug-likeness (QED) is 0.869. The van der Waals surface area contributed by atoms with Crippen LogP contribution in [0.1, 0.15) is 21.5 Å². The van der Waals surface area contributed by atoms with E-state index in [0.717, 1.165) is 11.1 Å².